The van der Waals surface area contributed by atoms with Crippen LogP contribution >= 0.6 is 11.6 Å². The van der Waals surface area contributed by atoms with E-state index in [0.717, 1.165) is 0 Å². The highest BCUT2D eigenvalue weighted by atomic mass is 35.5. The van der Waals surface area contributed by atoms with Crippen molar-refractivity contribution >= 4 is 46.5 Å². The van der Waals surface area contributed by atoms with E-state index >= 15 is 0 Å². The van der Waals surface area contributed by atoms with Crippen LogP contribution in [0.5, 0.6) is 0 Å². The van der Waals surface area contributed by atoms with E-state index in [0.29, 0.717) is 10.6 Å². The van der Waals surface area contributed by atoms with Crippen molar-refractivity contribution in [2.45, 2.75) is 18.6 Å². The third kappa shape index (κ3) is 6.22. The van der Waals surface area contributed by atoms with E-state index in [4.69, 9.17) is 22.1 Å². The fraction of sp³-hybridized carbons (Fsp3) is 0.238. The van der Waals surface area contributed by atoms with Crippen LogP contribution < -0.4 is 15.6 Å². The van der Waals surface area contributed by atoms with Gasteiger partial charge in [-0.1, -0.05) is 29.8 Å². The molecule has 2 amide bonds. The molecule has 33 heavy (non-hydrogen) atoms. The summed E-state index contributed by atoms with van der Waals surface area (Å²) in [5.41, 5.74) is 5.64. The molecule has 0 saturated carbocycles. The Morgan fingerprint density at radius 1 is 1.12 bits per heavy atom. The Hall–Kier alpha value is -3.60. The molecule has 0 spiro atoms. The Balaban J connectivity index is 1.72. The molecule has 174 valence electrons. The summed E-state index contributed by atoms with van der Waals surface area (Å²) >= 11 is 5.75. The molecule has 0 fully saturated rings. The molecule has 2 N–H and O–H groups in total. The summed E-state index contributed by atoms with van der Waals surface area (Å²) in [6.45, 7) is -2.55. The number of amides is 2. The van der Waals surface area contributed by atoms with Crippen molar-refractivity contribution in [3.05, 3.63) is 59.6 Å². The van der Waals surface area contributed by atoms with E-state index in [9.17, 15) is 27.6 Å². The van der Waals surface area contributed by atoms with Gasteiger partial charge in [0.05, 0.1) is 5.69 Å². The molecule has 0 saturated heterocycles. The molecule has 1 heterocycles. The lowest BCUT2D eigenvalue weighted by atomic mass is 10.1. The number of rotatable bonds is 7. The van der Waals surface area contributed by atoms with Crippen molar-refractivity contribution in [1.82, 2.24) is 0 Å². The third-order valence-electron chi connectivity index (χ3n) is 4.60. The first-order valence-corrected chi connectivity index (χ1v) is 9.94. The van der Waals surface area contributed by atoms with Gasteiger partial charge in [0.25, 0.3) is 5.91 Å². The van der Waals surface area contributed by atoms with Crippen molar-refractivity contribution < 1.29 is 32.3 Å². The van der Waals surface area contributed by atoms with Gasteiger partial charge in [-0.25, -0.2) is 4.79 Å². The Morgan fingerprint density at radius 2 is 1.76 bits per heavy atom. The van der Waals surface area contributed by atoms with Crippen LogP contribution in [0.2, 0.25) is 5.02 Å². The molecule has 0 aromatic heterocycles. The number of para-hydroxylation sites is 1. The van der Waals surface area contributed by atoms with E-state index in [1.54, 1.807) is 30.3 Å². The zero-order chi connectivity index (χ0) is 24.2. The summed E-state index contributed by atoms with van der Waals surface area (Å²) in [4.78, 5) is 37.2. The fourth-order valence-corrected chi connectivity index (χ4v) is 3.21. The monoisotopic (exact) mass is 482 g/mol. The van der Waals surface area contributed by atoms with Gasteiger partial charge in [-0.3, -0.25) is 14.6 Å². The lowest BCUT2D eigenvalue weighted by Crippen LogP contribution is -2.42. The minimum atomic E-state index is -4.69. The highest BCUT2D eigenvalue weighted by molar-refractivity contribution is 6.38. The predicted molar refractivity (Wildman–Crippen MR) is 115 cm³/mol. The molecule has 1 atom stereocenters. The minimum Gasteiger partial charge on any atom is -0.451 e. The second-order valence-corrected chi connectivity index (χ2v) is 7.43. The molecule has 1 aliphatic rings. The van der Waals surface area contributed by atoms with Gasteiger partial charge in [0.2, 0.25) is 5.91 Å². The van der Waals surface area contributed by atoms with E-state index in [-0.39, 0.29) is 22.8 Å². The number of carbonyl (C=O) groups is 3. The number of hydrogen-bond donors (Lipinski definition) is 1. The van der Waals surface area contributed by atoms with Crippen molar-refractivity contribution in [3.63, 3.8) is 0 Å². The van der Waals surface area contributed by atoms with Crippen LogP contribution in [0.15, 0.2) is 59.7 Å². The lowest BCUT2D eigenvalue weighted by molar-refractivity contribution is -0.143. The maximum atomic E-state index is 13.0. The predicted octanol–water partition coefficient (Wildman–Crippen LogP) is 2.90. The van der Waals surface area contributed by atoms with Crippen molar-refractivity contribution in [1.29, 1.82) is 0 Å². The molecule has 2 aromatic carbocycles. The average molecular weight is 483 g/mol. The summed E-state index contributed by atoms with van der Waals surface area (Å²) in [6.07, 6.45) is -4.87. The largest absolute Gasteiger partial charge is 0.451 e. The van der Waals surface area contributed by atoms with E-state index in [1.165, 1.54) is 29.3 Å². The summed E-state index contributed by atoms with van der Waals surface area (Å²) in [5.74, 6) is -2.88. The smallest absolute Gasteiger partial charge is 0.406 e. The number of halogens is 4. The summed E-state index contributed by atoms with van der Waals surface area (Å²) in [7, 11) is 0. The molecular weight excluding hydrogens is 465 g/mol. The Morgan fingerprint density at radius 3 is 2.33 bits per heavy atom. The van der Waals surface area contributed by atoms with Crippen LogP contribution in [0.1, 0.15) is 6.42 Å². The number of anilines is 2. The number of primary amides is 1. The Bertz CT molecular complexity index is 1060. The molecule has 2 aromatic rings. The maximum Gasteiger partial charge on any atom is 0.406 e. The highest BCUT2D eigenvalue weighted by Crippen LogP contribution is 2.26. The number of hydrazone groups is 1. The lowest BCUT2D eigenvalue weighted by Gasteiger charge is -2.24. The summed E-state index contributed by atoms with van der Waals surface area (Å²) < 4.78 is 43.9. The van der Waals surface area contributed by atoms with Gasteiger partial charge >= 0.3 is 12.1 Å². The number of alkyl halides is 3. The van der Waals surface area contributed by atoms with Crippen LogP contribution in [-0.2, 0) is 19.1 Å². The van der Waals surface area contributed by atoms with Gasteiger partial charge < -0.3 is 15.4 Å². The highest BCUT2D eigenvalue weighted by Gasteiger charge is 2.37. The standard InChI is InChI=1S/C21H18ClF3N4O4/c22-13-6-8-14(9-7-13)28(12-21(23,24)25)18(30)11-33-20(32)16-10-17(19(26)31)29(27-16)15-4-2-1-3-5-15/h1-9,17H,10-12H2,(H2,26,31)/t17-/m1/s1. The number of carbonyl (C=O) groups excluding carboxylic acids is 3. The van der Waals surface area contributed by atoms with Gasteiger partial charge in [0, 0.05) is 17.1 Å². The van der Waals surface area contributed by atoms with E-state index < -0.39 is 43.2 Å². The number of ether oxygens (including phenoxy) is 1. The summed E-state index contributed by atoms with van der Waals surface area (Å²) in [6, 6.07) is 12.6. The molecule has 0 unspecified atom stereocenters. The van der Waals surface area contributed by atoms with Gasteiger partial charge in [-0.05, 0) is 36.4 Å². The molecule has 8 nitrogen and oxygen atoms in total. The SMILES string of the molecule is NC(=O)[C@H]1CC(C(=O)OCC(=O)N(CC(F)(F)F)c2ccc(Cl)cc2)=NN1c1ccccc1. The van der Waals surface area contributed by atoms with E-state index in [2.05, 4.69) is 5.10 Å². The minimum absolute atomic E-state index is 0.0694. The number of benzene rings is 2. The average Bonchev–Trinajstić information content (AvgIpc) is 3.22. The molecule has 0 aliphatic carbocycles. The van der Waals surface area contributed by atoms with Crippen LogP contribution in [0.4, 0.5) is 24.5 Å². The van der Waals surface area contributed by atoms with Crippen LogP contribution in [0.25, 0.3) is 0 Å². The number of hydrogen-bond acceptors (Lipinski definition) is 6. The van der Waals surface area contributed by atoms with Crippen LogP contribution in [0.3, 0.4) is 0 Å². The first kappa shape index (κ1) is 24.1. The fourth-order valence-electron chi connectivity index (χ4n) is 3.09. The quantitative estimate of drug-likeness (QED) is 0.611. The van der Waals surface area contributed by atoms with Crippen molar-refractivity contribution in [2.24, 2.45) is 10.8 Å². The molecule has 12 heteroatoms. The Kier molecular flexibility index (Phi) is 7.22. The Labute approximate surface area is 191 Å². The number of nitrogens with zero attached hydrogens (tertiary/aromatic N) is 3. The second-order valence-electron chi connectivity index (χ2n) is 7.00. The van der Waals surface area contributed by atoms with Crippen LogP contribution in [0, 0.1) is 0 Å². The van der Waals surface area contributed by atoms with Gasteiger partial charge in [-0.2, -0.15) is 18.3 Å². The molecule has 3 rings (SSSR count). The number of esters is 1. The first-order chi connectivity index (χ1) is 15.5. The van der Waals surface area contributed by atoms with E-state index in [1.807, 2.05) is 0 Å². The third-order valence-corrected chi connectivity index (χ3v) is 4.85. The molecule has 0 radical (unpaired) electrons. The normalized spacial score (nSPS) is 15.7. The first-order valence-electron chi connectivity index (χ1n) is 9.56. The van der Waals surface area contributed by atoms with Crippen molar-refractivity contribution in [3.8, 4) is 0 Å². The molecule has 0 bridgehead atoms. The van der Waals surface area contributed by atoms with Gasteiger partial charge in [-0.15, -0.1) is 0 Å². The topological polar surface area (TPSA) is 105 Å². The summed E-state index contributed by atoms with van der Waals surface area (Å²) in [5, 5.41) is 5.59. The molecule has 1 aliphatic heterocycles. The maximum absolute atomic E-state index is 13.0. The van der Waals surface area contributed by atoms with Crippen LogP contribution in [-0.4, -0.2) is 48.9 Å². The zero-order valence-electron chi connectivity index (χ0n) is 17.0. The number of nitrogens with two attached hydrogens (primary N) is 1. The second kappa shape index (κ2) is 9.90. The van der Waals surface area contributed by atoms with Crippen molar-refractivity contribution in [2.75, 3.05) is 23.1 Å². The zero-order valence-corrected chi connectivity index (χ0v) is 17.7. The van der Waals surface area contributed by atoms with Gasteiger partial charge in [0.1, 0.15) is 18.3 Å². The van der Waals surface area contributed by atoms with Gasteiger partial charge in [0.15, 0.2) is 6.61 Å². The molecular formula is C21H18ClF3N4O4.